The normalized spacial score (nSPS) is 24.1. The van der Waals surface area contributed by atoms with Crippen molar-refractivity contribution in [3.05, 3.63) is 58.6 Å². The summed E-state index contributed by atoms with van der Waals surface area (Å²) in [6.07, 6.45) is 1.35. The smallest absolute Gasteiger partial charge is 0.274 e. The fourth-order valence-corrected chi connectivity index (χ4v) is 5.00. The highest BCUT2D eigenvalue weighted by atomic mass is 35.5. The van der Waals surface area contributed by atoms with Gasteiger partial charge >= 0.3 is 0 Å². The Hall–Kier alpha value is -2.24. The van der Waals surface area contributed by atoms with Crippen molar-refractivity contribution in [1.82, 2.24) is 9.29 Å². The van der Waals surface area contributed by atoms with Gasteiger partial charge in [0.15, 0.2) is 0 Å². The van der Waals surface area contributed by atoms with Gasteiger partial charge in [0, 0.05) is 31.0 Å². The number of aliphatic imine (C=N–C) groups is 1. The van der Waals surface area contributed by atoms with Gasteiger partial charge in [0.2, 0.25) is 0 Å². The third kappa shape index (κ3) is 4.26. The zero-order valence-electron chi connectivity index (χ0n) is 17.6. The van der Waals surface area contributed by atoms with Gasteiger partial charge in [-0.15, -0.1) is 10.8 Å². The highest BCUT2D eigenvalue weighted by molar-refractivity contribution is 8.24. The molecule has 0 spiro atoms. The Labute approximate surface area is 186 Å². The lowest BCUT2D eigenvalue weighted by Gasteiger charge is -2.50. The third-order valence-corrected chi connectivity index (χ3v) is 8.20. The fraction of sp³-hybridized carbons (Fsp3) is 0.350. The van der Waals surface area contributed by atoms with Gasteiger partial charge in [0.05, 0.1) is 5.02 Å². The molecule has 1 amide bonds. The van der Waals surface area contributed by atoms with Crippen LogP contribution in [0.2, 0.25) is 5.02 Å². The van der Waals surface area contributed by atoms with Crippen molar-refractivity contribution >= 4 is 39.8 Å². The summed E-state index contributed by atoms with van der Waals surface area (Å²) in [4.78, 5) is 20.9. The first kappa shape index (κ1) is 23.4. The summed E-state index contributed by atoms with van der Waals surface area (Å²) in [7, 11) is -1.79. The van der Waals surface area contributed by atoms with Crippen molar-refractivity contribution < 1.29 is 18.3 Å². The Morgan fingerprint density at radius 2 is 1.97 bits per heavy atom. The van der Waals surface area contributed by atoms with Crippen LogP contribution in [-0.4, -0.2) is 48.5 Å². The molecule has 31 heavy (non-hydrogen) atoms. The molecule has 0 unspecified atom stereocenters. The second-order valence-corrected chi connectivity index (χ2v) is 11.2. The maximum absolute atomic E-state index is 14.9. The molecule has 0 fully saturated rings. The van der Waals surface area contributed by atoms with Gasteiger partial charge in [-0.05, 0) is 51.1 Å². The van der Waals surface area contributed by atoms with Crippen LogP contribution in [0, 0.1) is 5.82 Å². The van der Waals surface area contributed by atoms with Crippen LogP contribution in [0.3, 0.4) is 0 Å². The van der Waals surface area contributed by atoms with Crippen LogP contribution < -0.4 is 11.1 Å². The number of carbonyl (C=O) groups excluding carboxylic acids is 1. The highest BCUT2D eigenvalue weighted by Crippen LogP contribution is 2.57. The second-order valence-electron chi connectivity index (χ2n) is 8.10. The molecule has 5 N–H and O–H groups in total. The zero-order chi connectivity index (χ0) is 23.2. The number of likely N-dealkylation sites (N-methyl/N-ethyl adjacent to an activating group) is 1. The molecule has 0 aliphatic carbocycles. The summed E-state index contributed by atoms with van der Waals surface area (Å²) < 4.78 is 36.5. The van der Waals surface area contributed by atoms with Gasteiger partial charge in [-0.2, -0.15) is 0 Å². The van der Waals surface area contributed by atoms with Crippen molar-refractivity contribution in [3.63, 3.8) is 0 Å². The minimum atomic E-state index is -3.32. The van der Waals surface area contributed by atoms with E-state index < -0.39 is 32.8 Å². The number of nitrogens with zero attached hydrogens (tertiary/aromatic N) is 3. The van der Waals surface area contributed by atoms with Gasteiger partial charge in [-0.25, -0.2) is 13.7 Å². The van der Waals surface area contributed by atoms with E-state index in [1.807, 2.05) is 0 Å². The molecule has 11 heteroatoms. The number of hydrogen-bond acceptors (Lipinski definition) is 7. The Balaban J connectivity index is 2.00. The number of anilines is 1. The van der Waals surface area contributed by atoms with Crippen molar-refractivity contribution in [1.29, 1.82) is 0 Å². The van der Waals surface area contributed by atoms with E-state index in [1.165, 1.54) is 41.8 Å². The third-order valence-electron chi connectivity index (χ3n) is 5.40. The van der Waals surface area contributed by atoms with E-state index in [0.717, 1.165) is 0 Å². The lowest BCUT2D eigenvalue weighted by Crippen LogP contribution is -2.46. The van der Waals surface area contributed by atoms with Gasteiger partial charge in [-0.3, -0.25) is 18.9 Å². The highest BCUT2D eigenvalue weighted by Gasteiger charge is 2.48. The Bertz CT molecular complexity index is 1050. The fourth-order valence-electron chi connectivity index (χ4n) is 3.36. The van der Waals surface area contributed by atoms with Crippen LogP contribution in [0.25, 0.3) is 0 Å². The van der Waals surface area contributed by atoms with Gasteiger partial charge in [-0.1, -0.05) is 11.6 Å². The average molecular weight is 470 g/mol. The summed E-state index contributed by atoms with van der Waals surface area (Å²) in [6.45, 7) is 4.80. The average Bonchev–Trinajstić information content (AvgIpc) is 2.72. The number of rotatable bonds is 3. The SMILES string of the molecule is CN1C[C@@](C)(c2cc(NC(=O)c3ccc(Cl)cn3)ccc2F)N=C(N)C(C)(C)S1(O)O. The maximum atomic E-state index is 14.9. The predicted octanol–water partition coefficient (Wildman–Crippen LogP) is 4.09. The van der Waals surface area contributed by atoms with Crippen molar-refractivity contribution in [2.45, 2.75) is 31.1 Å². The molecule has 2 heterocycles. The lowest BCUT2D eigenvalue weighted by molar-refractivity contribution is 0.102. The number of hydrogen-bond donors (Lipinski definition) is 4. The monoisotopic (exact) mass is 469 g/mol. The number of pyridine rings is 1. The predicted molar refractivity (Wildman–Crippen MR) is 122 cm³/mol. The van der Waals surface area contributed by atoms with Crippen LogP contribution in [0.5, 0.6) is 0 Å². The van der Waals surface area contributed by atoms with E-state index in [-0.39, 0.29) is 23.6 Å². The van der Waals surface area contributed by atoms with Crippen molar-refractivity contribution in [2.24, 2.45) is 10.7 Å². The lowest BCUT2D eigenvalue weighted by atomic mass is 9.91. The van der Waals surface area contributed by atoms with E-state index in [4.69, 9.17) is 17.3 Å². The number of amidine groups is 1. The molecule has 1 aromatic carbocycles. The Morgan fingerprint density at radius 1 is 1.29 bits per heavy atom. The van der Waals surface area contributed by atoms with E-state index in [9.17, 15) is 18.3 Å². The zero-order valence-corrected chi connectivity index (χ0v) is 19.1. The summed E-state index contributed by atoms with van der Waals surface area (Å²) in [5.41, 5.74) is 5.52. The first-order valence-corrected chi connectivity index (χ1v) is 11.2. The number of amides is 1. The molecule has 1 aromatic heterocycles. The first-order valence-electron chi connectivity index (χ1n) is 9.36. The largest absolute Gasteiger partial charge is 0.386 e. The summed E-state index contributed by atoms with van der Waals surface area (Å²) in [5, 5.41) is 3.07. The maximum Gasteiger partial charge on any atom is 0.274 e. The molecule has 168 valence electrons. The minimum absolute atomic E-state index is 0.00134. The molecular weight excluding hydrogens is 445 g/mol. The van der Waals surface area contributed by atoms with Crippen molar-refractivity contribution in [3.8, 4) is 0 Å². The molecule has 8 nitrogen and oxygen atoms in total. The number of carbonyl (C=O) groups is 1. The van der Waals surface area contributed by atoms with Crippen LogP contribution >= 0.6 is 22.4 Å². The van der Waals surface area contributed by atoms with Gasteiger partial charge in [0.1, 0.15) is 27.6 Å². The molecule has 0 saturated heterocycles. The number of aromatic nitrogens is 1. The van der Waals surface area contributed by atoms with E-state index in [2.05, 4.69) is 15.3 Å². The Kier molecular flexibility index (Phi) is 6.07. The van der Waals surface area contributed by atoms with Gasteiger partial charge in [0.25, 0.3) is 5.91 Å². The molecule has 3 rings (SSSR count). The topological polar surface area (TPSA) is 124 Å². The molecule has 2 aromatic rings. The number of nitrogens with two attached hydrogens (primary N) is 1. The minimum Gasteiger partial charge on any atom is -0.386 e. The quantitative estimate of drug-likeness (QED) is 0.536. The first-order chi connectivity index (χ1) is 14.3. The van der Waals surface area contributed by atoms with Crippen LogP contribution in [0.1, 0.15) is 36.8 Å². The number of benzene rings is 1. The molecule has 1 aliphatic rings. The second kappa shape index (κ2) is 8.03. The van der Waals surface area contributed by atoms with E-state index >= 15 is 0 Å². The van der Waals surface area contributed by atoms with Gasteiger partial charge < -0.3 is 11.1 Å². The summed E-state index contributed by atoms with van der Waals surface area (Å²) in [5.74, 6) is -1.06. The molecule has 0 radical (unpaired) electrons. The number of nitrogens with one attached hydrogen (secondary N) is 1. The molecule has 1 aliphatic heterocycles. The molecular formula is C20H25ClFN5O3S. The van der Waals surface area contributed by atoms with Crippen molar-refractivity contribution in [2.75, 3.05) is 18.9 Å². The van der Waals surface area contributed by atoms with E-state index in [0.29, 0.717) is 10.7 Å². The Morgan fingerprint density at radius 3 is 2.58 bits per heavy atom. The summed E-state index contributed by atoms with van der Waals surface area (Å²) >= 11 is 5.80. The molecule has 0 saturated carbocycles. The standard InChI is InChI=1S/C20H25ClFN5O3S/c1-19(2)18(23)26-20(3,11-27(4)31(19,29)30)14-9-13(6-7-15(14)22)25-17(28)16-8-5-12(21)10-24-16/h5-10,29-30H,11H2,1-4H3,(H2,23,26)(H,25,28)/t20-/m0/s1. The van der Waals surface area contributed by atoms with Crippen LogP contribution in [-0.2, 0) is 5.54 Å². The molecule has 1 atom stereocenters. The van der Waals surface area contributed by atoms with Crippen LogP contribution in [0.15, 0.2) is 41.5 Å². The van der Waals surface area contributed by atoms with Crippen LogP contribution in [0.4, 0.5) is 10.1 Å². The number of halogens is 2. The van der Waals surface area contributed by atoms with E-state index in [1.54, 1.807) is 26.8 Å². The summed E-state index contributed by atoms with van der Waals surface area (Å²) in [6, 6.07) is 7.10. The molecule has 0 bridgehead atoms.